The molecular formula is C16H24N2O3. The van der Waals surface area contributed by atoms with Crippen LogP contribution >= 0.6 is 0 Å². The van der Waals surface area contributed by atoms with Crippen molar-refractivity contribution in [2.75, 3.05) is 33.4 Å². The van der Waals surface area contributed by atoms with Gasteiger partial charge in [0.15, 0.2) is 0 Å². The maximum atomic E-state index is 12.4. The van der Waals surface area contributed by atoms with Crippen molar-refractivity contribution >= 4 is 5.91 Å². The topological polar surface area (TPSA) is 50.8 Å². The van der Waals surface area contributed by atoms with Crippen LogP contribution in [0, 0.1) is 0 Å². The van der Waals surface area contributed by atoms with Gasteiger partial charge in [0.25, 0.3) is 0 Å². The van der Waals surface area contributed by atoms with E-state index < -0.39 is 0 Å². The summed E-state index contributed by atoms with van der Waals surface area (Å²) in [7, 11) is 1.65. The highest BCUT2D eigenvalue weighted by Gasteiger charge is 2.23. The molecule has 116 valence electrons. The third-order valence-electron chi connectivity index (χ3n) is 3.81. The minimum atomic E-state index is -0.208. The van der Waals surface area contributed by atoms with Crippen LogP contribution in [0.4, 0.5) is 0 Å². The van der Waals surface area contributed by atoms with Gasteiger partial charge in [-0.15, -0.1) is 0 Å². The standard InChI is InChI=1S/C16H24N2O3/c1-12(14-4-6-15(20-3)7-5-14)17-13(2)16(19)18-8-10-21-11-9-18/h4-7,12-13,17H,8-11H2,1-3H3/t12-,13?/m1/s1. The molecular weight excluding hydrogens is 268 g/mol. The van der Waals surface area contributed by atoms with E-state index in [-0.39, 0.29) is 18.0 Å². The van der Waals surface area contributed by atoms with Gasteiger partial charge in [0.2, 0.25) is 5.91 Å². The lowest BCUT2D eigenvalue weighted by atomic mass is 10.1. The quantitative estimate of drug-likeness (QED) is 0.895. The third kappa shape index (κ3) is 4.19. The van der Waals surface area contributed by atoms with Gasteiger partial charge in [0, 0.05) is 19.1 Å². The van der Waals surface area contributed by atoms with Crippen LogP contribution in [0.2, 0.25) is 0 Å². The van der Waals surface area contributed by atoms with Crippen LogP contribution in [0.1, 0.15) is 25.5 Å². The first kappa shape index (κ1) is 15.8. The van der Waals surface area contributed by atoms with Crippen molar-refractivity contribution in [2.45, 2.75) is 25.9 Å². The van der Waals surface area contributed by atoms with Gasteiger partial charge in [-0.2, -0.15) is 0 Å². The van der Waals surface area contributed by atoms with E-state index in [0.717, 1.165) is 11.3 Å². The van der Waals surface area contributed by atoms with Gasteiger partial charge in [-0.25, -0.2) is 0 Å². The fourth-order valence-corrected chi connectivity index (χ4v) is 2.49. The van der Waals surface area contributed by atoms with Gasteiger partial charge in [-0.05, 0) is 31.5 Å². The molecule has 1 aliphatic rings. The molecule has 0 spiro atoms. The van der Waals surface area contributed by atoms with E-state index in [0.29, 0.717) is 26.3 Å². The summed E-state index contributed by atoms with van der Waals surface area (Å²) in [4.78, 5) is 14.2. The van der Waals surface area contributed by atoms with Crippen molar-refractivity contribution < 1.29 is 14.3 Å². The highest BCUT2D eigenvalue weighted by atomic mass is 16.5. The molecule has 1 N–H and O–H groups in total. The second-order valence-corrected chi connectivity index (χ2v) is 5.32. The van der Waals surface area contributed by atoms with Crippen molar-refractivity contribution in [2.24, 2.45) is 0 Å². The summed E-state index contributed by atoms with van der Waals surface area (Å²) in [5, 5.41) is 3.36. The molecule has 1 aromatic carbocycles. The molecule has 1 fully saturated rings. The molecule has 5 nitrogen and oxygen atoms in total. The summed E-state index contributed by atoms with van der Waals surface area (Å²) < 4.78 is 10.4. The molecule has 0 aliphatic carbocycles. The van der Waals surface area contributed by atoms with Gasteiger partial charge in [0.1, 0.15) is 5.75 Å². The molecule has 1 amide bonds. The van der Waals surface area contributed by atoms with Crippen LogP contribution in [0.5, 0.6) is 5.75 Å². The molecule has 2 rings (SSSR count). The molecule has 1 aliphatic heterocycles. The number of methoxy groups -OCH3 is 1. The SMILES string of the molecule is COc1ccc([C@@H](C)NC(C)C(=O)N2CCOCC2)cc1. The number of carbonyl (C=O) groups is 1. The average Bonchev–Trinajstić information content (AvgIpc) is 2.55. The Morgan fingerprint density at radius 3 is 2.43 bits per heavy atom. The van der Waals surface area contributed by atoms with Crippen molar-refractivity contribution in [3.8, 4) is 5.75 Å². The minimum absolute atomic E-state index is 0.107. The van der Waals surface area contributed by atoms with Gasteiger partial charge in [-0.1, -0.05) is 12.1 Å². The van der Waals surface area contributed by atoms with E-state index in [1.807, 2.05) is 36.1 Å². The van der Waals surface area contributed by atoms with E-state index in [2.05, 4.69) is 12.2 Å². The van der Waals surface area contributed by atoms with Gasteiger partial charge in [0.05, 0.1) is 26.4 Å². The molecule has 0 saturated carbocycles. The number of benzene rings is 1. The molecule has 1 saturated heterocycles. The number of hydrogen-bond acceptors (Lipinski definition) is 4. The van der Waals surface area contributed by atoms with E-state index >= 15 is 0 Å². The van der Waals surface area contributed by atoms with E-state index in [1.165, 1.54) is 0 Å². The Morgan fingerprint density at radius 1 is 1.24 bits per heavy atom. The second-order valence-electron chi connectivity index (χ2n) is 5.32. The highest BCUT2D eigenvalue weighted by molar-refractivity contribution is 5.81. The first-order valence-electron chi connectivity index (χ1n) is 7.38. The number of amides is 1. The maximum absolute atomic E-state index is 12.4. The number of ether oxygens (including phenoxy) is 2. The van der Waals surface area contributed by atoms with Crippen molar-refractivity contribution in [3.05, 3.63) is 29.8 Å². The second kappa shape index (κ2) is 7.43. The number of nitrogens with one attached hydrogen (secondary N) is 1. The van der Waals surface area contributed by atoms with E-state index in [9.17, 15) is 4.79 Å². The predicted molar refractivity (Wildman–Crippen MR) is 81.4 cm³/mol. The fourth-order valence-electron chi connectivity index (χ4n) is 2.49. The van der Waals surface area contributed by atoms with Crippen LogP contribution in [-0.4, -0.2) is 50.3 Å². The molecule has 0 radical (unpaired) electrons. The van der Waals surface area contributed by atoms with Gasteiger partial charge >= 0.3 is 0 Å². The summed E-state index contributed by atoms with van der Waals surface area (Å²) in [6, 6.07) is 7.80. The molecule has 0 aromatic heterocycles. The lowest BCUT2D eigenvalue weighted by molar-refractivity contribution is -0.137. The molecule has 21 heavy (non-hydrogen) atoms. The summed E-state index contributed by atoms with van der Waals surface area (Å²) in [6.07, 6.45) is 0. The van der Waals surface area contributed by atoms with Gasteiger partial charge in [-0.3, -0.25) is 10.1 Å². The van der Waals surface area contributed by atoms with Crippen LogP contribution in [0.15, 0.2) is 24.3 Å². The van der Waals surface area contributed by atoms with E-state index in [1.54, 1.807) is 7.11 Å². The van der Waals surface area contributed by atoms with Crippen molar-refractivity contribution in [1.82, 2.24) is 10.2 Å². The Balaban J connectivity index is 1.90. The Hall–Kier alpha value is -1.59. The van der Waals surface area contributed by atoms with Crippen LogP contribution < -0.4 is 10.1 Å². The lowest BCUT2D eigenvalue weighted by Crippen LogP contribution is -2.49. The zero-order chi connectivity index (χ0) is 15.2. The smallest absolute Gasteiger partial charge is 0.239 e. The number of morpholine rings is 1. The van der Waals surface area contributed by atoms with Crippen LogP contribution in [-0.2, 0) is 9.53 Å². The zero-order valence-corrected chi connectivity index (χ0v) is 13.0. The van der Waals surface area contributed by atoms with Crippen LogP contribution in [0.3, 0.4) is 0 Å². The third-order valence-corrected chi connectivity index (χ3v) is 3.81. The number of carbonyl (C=O) groups excluding carboxylic acids is 1. The van der Waals surface area contributed by atoms with E-state index in [4.69, 9.17) is 9.47 Å². The number of nitrogens with zero attached hydrogens (tertiary/aromatic N) is 1. The Bertz CT molecular complexity index is 455. The largest absolute Gasteiger partial charge is 0.497 e. The Labute approximate surface area is 126 Å². The monoisotopic (exact) mass is 292 g/mol. The Morgan fingerprint density at radius 2 is 1.86 bits per heavy atom. The summed E-state index contributed by atoms with van der Waals surface area (Å²) >= 11 is 0. The highest BCUT2D eigenvalue weighted by Crippen LogP contribution is 2.18. The predicted octanol–water partition coefficient (Wildman–Crippen LogP) is 1.59. The minimum Gasteiger partial charge on any atom is -0.497 e. The average molecular weight is 292 g/mol. The molecule has 1 aromatic rings. The number of hydrogen-bond donors (Lipinski definition) is 1. The first-order valence-corrected chi connectivity index (χ1v) is 7.38. The molecule has 1 heterocycles. The summed E-state index contributed by atoms with van der Waals surface area (Å²) in [5.74, 6) is 0.974. The maximum Gasteiger partial charge on any atom is 0.239 e. The summed E-state index contributed by atoms with van der Waals surface area (Å²) in [5.41, 5.74) is 1.14. The number of rotatable bonds is 5. The van der Waals surface area contributed by atoms with Crippen molar-refractivity contribution in [3.63, 3.8) is 0 Å². The summed E-state index contributed by atoms with van der Waals surface area (Å²) in [6.45, 7) is 6.60. The lowest BCUT2D eigenvalue weighted by Gasteiger charge is -2.30. The zero-order valence-electron chi connectivity index (χ0n) is 13.0. The Kier molecular flexibility index (Phi) is 5.59. The van der Waals surface area contributed by atoms with Gasteiger partial charge < -0.3 is 14.4 Å². The molecule has 1 unspecified atom stereocenters. The first-order chi connectivity index (χ1) is 10.1. The normalized spacial score (nSPS) is 18.1. The van der Waals surface area contributed by atoms with Crippen molar-refractivity contribution in [1.29, 1.82) is 0 Å². The molecule has 2 atom stereocenters. The molecule has 0 bridgehead atoms. The fraction of sp³-hybridized carbons (Fsp3) is 0.562. The molecule has 5 heteroatoms. The van der Waals surface area contributed by atoms with Crippen LogP contribution in [0.25, 0.3) is 0 Å².